The third-order valence-electron chi connectivity index (χ3n) is 4.04. The first-order valence-electron chi connectivity index (χ1n) is 7.65. The highest BCUT2D eigenvalue weighted by Crippen LogP contribution is 2.21. The number of carbonyl (C=O) groups is 1. The molecule has 128 valence electrons. The van der Waals surface area contributed by atoms with Crippen molar-refractivity contribution in [2.75, 3.05) is 26.2 Å². The summed E-state index contributed by atoms with van der Waals surface area (Å²) in [5.74, 6) is -0.923. The minimum Gasteiger partial charge on any atom is -0.387 e. The Morgan fingerprint density at radius 1 is 1.26 bits per heavy atom. The standard InChI is InChI=1S/C16H21F3N2O2/c17-16(18,19)11-20-15(23)13-6-8-21(9-7-13)10-14(22)12-4-2-1-3-5-12/h1-5,13-14,22H,6-11H2,(H,20,23). The number of β-amino-alcohol motifs (C(OH)–C–C–N with tert-alkyl or cyclic N) is 1. The Labute approximate surface area is 133 Å². The molecule has 4 nitrogen and oxygen atoms in total. The number of amides is 1. The maximum Gasteiger partial charge on any atom is 0.405 e. The number of likely N-dealkylation sites (tertiary alicyclic amines) is 1. The fraction of sp³-hybridized carbons (Fsp3) is 0.562. The highest BCUT2D eigenvalue weighted by atomic mass is 19.4. The van der Waals surface area contributed by atoms with Gasteiger partial charge in [-0.2, -0.15) is 13.2 Å². The maximum absolute atomic E-state index is 12.1. The second kappa shape index (κ2) is 7.79. The van der Waals surface area contributed by atoms with E-state index < -0.39 is 24.7 Å². The molecule has 0 aromatic heterocycles. The molecule has 0 radical (unpaired) electrons. The van der Waals surface area contributed by atoms with E-state index in [0.29, 0.717) is 32.5 Å². The van der Waals surface area contributed by atoms with Gasteiger partial charge >= 0.3 is 6.18 Å². The SMILES string of the molecule is O=C(NCC(F)(F)F)C1CCN(CC(O)c2ccccc2)CC1. The minimum atomic E-state index is -4.38. The van der Waals surface area contributed by atoms with Crippen molar-refractivity contribution in [3.8, 4) is 0 Å². The van der Waals surface area contributed by atoms with Gasteiger partial charge in [-0.3, -0.25) is 4.79 Å². The molecule has 1 saturated heterocycles. The van der Waals surface area contributed by atoms with E-state index >= 15 is 0 Å². The third kappa shape index (κ3) is 5.84. The van der Waals surface area contributed by atoms with Crippen LogP contribution in [-0.2, 0) is 4.79 Å². The first-order valence-corrected chi connectivity index (χ1v) is 7.65. The molecule has 23 heavy (non-hydrogen) atoms. The largest absolute Gasteiger partial charge is 0.405 e. The van der Waals surface area contributed by atoms with Crippen LogP contribution >= 0.6 is 0 Å². The minimum absolute atomic E-state index is 0.387. The summed E-state index contributed by atoms with van der Waals surface area (Å²) >= 11 is 0. The first-order chi connectivity index (χ1) is 10.8. The normalized spacial score (nSPS) is 18.6. The Hall–Kier alpha value is -1.60. The molecule has 1 unspecified atom stereocenters. The van der Waals surface area contributed by atoms with Crippen LogP contribution in [0.4, 0.5) is 13.2 Å². The molecule has 0 aliphatic carbocycles. The van der Waals surface area contributed by atoms with Crippen molar-refractivity contribution in [2.45, 2.75) is 25.1 Å². The van der Waals surface area contributed by atoms with Crippen molar-refractivity contribution in [2.24, 2.45) is 5.92 Å². The molecule has 2 N–H and O–H groups in total. The Kier molecular flexibility index (Phi) is 6.01. The van der Waals surface area contributed by atoms with E-state index in [2.05, 4.69) is 0 Å². The van der Waals surface area contributed by atoms with Crippen LogP contribution in [-0.4, -0.2) is 48.3 Å². The molecular formula is C16H21F3N2O2. The number of benzene rings is 1. The van der Waals surface area contributed by atoms with Gasteiger partial charge in [-0.25, -0.2) is 0 Å². The van der Waals surface area contributed by atoms with Gasteiger partial charge in [0.2, 0.25) is 5.91 Å². The number of rotatable bonds is 5. The number of nitrogens with one attached hydrogen (secondary N) is 1. The van der Waals surface area contributed by atoms with E-state index in [9.17, 15) is 23.1 Å². The van der Waals surface area contributed by atoms with Crippen LogP contribution in [0.2, 0.25) is 0 Å². The summed E-state index contributed by atoms with van der Waals surface area (Å²) in [7, 11) is 0. The monoisotopic (exact) mass is 330 g/mol. The molecule has 0 bridgehead atoms. The Balaban J connectivity index is 1.74. The van der Waals surface area contributed by atoms with Crippen molar-refractivity contribution in [3.63, 3.8) is 0 Å². The number of halogens is 3. The summed E-state index contributed by atoms with van der Waals surface area (Å²) in [5, 5.41) is 12.1. The Morgan fingerprint density at radius 3 is 2.43 bits per heavy atom. The lowest BCUT2D eigenvalue weighted by Gasteiger charge is -2.32. The zero-order valence-corrected chi connectivity index (χ0v) is 12.7. The van der Waals surface area contributed by atoms with Gasteiger partial charge in [0.25, 0.3) is 0 Å². The fourth-order valence-electron chi connectivity index (χ4n) is 2.73. The molecule has 1 aliphatic rings. The fourth-order valence-corrected chi connectivity index (χ4v) is 2.73. The van der Waals surface area contributed by atoms with Crippen LogP contribution in [0.15, 0.2) is 30.3 Å². The summed E-state index contributed by atoms with van der Waals surface area (Å²) in [6, 6.07) is 9.29. The van der Waals surface area contributed by atoms with Crippen molar-refractivity contribution in [1.29, 1.82) is 0 Å². The predicted octanol–water partition coefficient (Wildman–Crippen LogP) is 2.11. The lowest BCUT2D eigenvalue weighted by atomic mass is 9.95. The molecule has 1 aromatic carbocycles. The number of aliphatic hydroxyl groups excluding tert-OH is 1. The van der Waals surface area contributed by atoms with Crippen LogP contribution in [0.25, 0.3) is 0 Å². The van der Waals surface area contributed by atoms with Crippen molar-refractivity contribution < 1.29 is 23.1 Å². The van der Waals surface area contributed by atoms with Crippen molar-refractivity contribution in [3.05, 3.63) is 35.9 Å². The molecule has 2 rings (SSSR count). The van der Waals surface area contributed by atoms with E-state index in [4.69, 9.17) is 0 Å². The zero-order chi connectivity index (χ0) is 16.9. The van der Waals surface area contributed by atoms with E-state index in [-0.39, 0.29) is 5.92 Å². The number of carbonyl (C=O) groups excluding carboxylic acids is 1. The number of alkyl halides is 3. The average Bonchev–Trinajstić information content (AvgIpc) is 2.53. The van der Waals surface area contributed by atoms with Gasteiger partial charge in [0.05, 0.1) is 6.10 Å². The zero-order valence-electron chi connectivity index (χ0n) is 12.7. The molecular weight excluding hydrogens is 309 g/mol. The topological polar surface area (TPSA) is 52.6 Å². The highest BCUT2D eigenvalue weighted by molar-refractivity contribution is 5.78. The Morgan fingerprint density at radius 2 is 1.87 bits per heavy atom. The summed E-state index contributed by atoms with van der Waals surface area (Å²) in [4.78, 5) is 13.7. The smallest absolute Gasteiger partial charge is 0.387 e. The lowest BCUT2D eigenvalue weighted by molar-refractivity contribution is -0.141. The van der Waals surface area contributed by atoms with E-state index in [1.807, 2.05) is 40.5 Å². The summed E-state index contributed by atoms with van der Waals surface area (Å²) < 4.78 is 36.3. The molecule has 1 amide bonds. The molecule has 7 heteroatoms. The van der Waals surface area contributed by atoms with E-state index in [1.165, 1.54) is 0 Å². The molecule has 0 saturated carbocycles. The Bertz CT molecular complexity index is 500. The van der Waals surface area contributed by atoms with Crippen LogP contribution in [0, 0.1) is 5.92 Å². The van der Waals surface area contributed by atoms with Gasteiger partial charge < -0.3 is 15.3 Å². The molecule has 1 fully saturated rings. The molecule has 1 heterocycles. The summed E-state index contributed by atoms with van der Waals surface area (Å²) in [6.07, 6.45) is -3.97. The third-order valence-corrected chi connectivity index (χ3v) is 4.04. The maximum atomic E-state index is 12.1. The first kappa shape index (κ1) is 17.7. The van der Waals surface area contributed by atoms with Gasteiger partial charge in [-0.05, 0) is 31.5 Å². The highest BCUT2D eigenvalue weighted by Gasteiger charge is 2.31. The average molecular weight is 330 g/mol. The predicted molar refractivity (Wildman–Crippen MR) is 79.6 cm³/mol. The van der Waals surface area contributed by atoms with Gasteiger partial charge in [-0.15, -0.1) is 0 Å². The van der Waals surface area contributed by atoms with Gasteiger partial charge in [-0.1, -0.05) is 30.3 Å². The van der Waals surface area contributed by atoms with Crippen LogP contribution < -0.4 is 5.32 Å². The van der Waals surface area contributed by atoms with Crippen LogP contribution in [0.1, 0.15) is 24.5 Å². The molecule has 1 atom stereocenters. The van der Waals surface area contributed by atoms with Crippen LogP contribution in [0.5, 0.6) is 0 Å². The number of aliphatic hydroxyl groups is 1. The van der Waals surface area contributed by atoms with Gasteiger partial charge in [0.15, 0.2) is 0 Å². The van der Waals surface area contributed by atoms with Gasteiger partial charge in [0.1, 0.15) is 6.54 Å². The molecule has 1 aliphatic heterocycles. The van der Waals surface area contributed by atoms with E-state index in [0.717, 1.165) is 5.56 Å². The molecule has 0 spiro atoms. The second-order valence-corrected chi connectivity index (χ2v) is 5.83. The number of hydrogen-bond acceptors (Lipinski definition) is 3. The second-order valence-electron chi connectivity index (χ2n) is 5.83. The number of nitrogens with zero attached hydrogens (tertiary/aromatic N) is 1. The number of hydrogen-bond donors (Lipinski definition) is 2. The van der Waals surface area contributed by atoms with E-state index in [1.54, 1.807) is 0 Å². The molecule has 1 aromatic rings. The van der Waals surface area contributed by atoms with Crippen LogP contribution in [0.3, 0.4) is 0 Å². The summed E-state index contributed by atoms with van der Waals surface area (Å²) in [5.41, 5.74) is 0.831. The van der Waals surface area contributed by atoms with Crippen molar-refractivity contribution in [1.82, 2.24) is 10.2 Å². The number of piperidine rings is 1. The summed E-state index contributed by atoms with van der Waals surface area (Å²) in [6.45, 7) is 0.363. The quantitative estimate of drug-likeness (QED) is 0.869. The lowest BCUT2D eigenvalue weighted by Crippen LogP contribution is -2.43. The van der Waals surface area contributed by atoms with Gasteiger partial charge in [0, 0.05) is 12.5 Å². The van der Waals surface area contributed by atoms with Crippen molar-refractivity contribution >= 4 is 5.91 Å².